The standard InChI is InChI=1S/C16H17N5O2S/c1-11-16(12(2)21-20-11)24(22,23)19-10-13-6-7-15(18-9-13)14-5-3-4-8-17-14/h3-9,19H,10H2,1-2H3,(H,20,21). The summed E-state index contributed by atoms with van der Waals surface area (Å²) in [5, 5.41) is 6.60. The number of nitrogens with one attached hydrogen (secondary N) is 2. The Kier molecular flexibility index (Phi) is 4.41. The molecule has 124 valence electrons. The van der Waals surface area contributed by atoms with Crippen molar-refractivity contribution < 1.29 is 8.42 Å². The van der Waals surface area contributed by atoms with Gasteiger partial charge in [-0.3, -0.25) is 15.1 Å². The Hall–Kier alpha value is -2.58. The first-order valence-corrected chi connectivity index (χ1v) is 8.83. The molecule has 0 unspecified atom stereocenters. The van der Waals surface area contributed by atoms with Gasteiger partial charge in [-0.25, -0.2) is 13.1 Å². The molecule has 3 rings (SSSR count). The van der Waals surface area contributed by atoms with E-state index < -0.39 is 10.0 Å². The zero-order valence-corrected chi connectivity index (χ0v) is 14.1. The molecule has 3 aromatic rings. The van der Waals surface area contributed by atoms with E-state index in [0.29, 0.717) is 11.4 Å². The second-order valence-electron chi connectivity index (χ2n) is 5.35. The van der Waals surface area contributed by atoms with Crippen LogP contribution in [0.4, 0.5) is 0 Å². The van der Waals surface area contributed by atoms with Gasteiger partial charge in [0.2, 0.25) is 10.0 Å². The summed E-state index contributed by atoms with van der Waals surface area (Å²) in [6.07, 6.45) is 3.34. The largest absolute Gasteiger partial charge is 0.281 e. The van der Waals surface area contributed by atoms with Gasteiger partial charge in [-0.1, -0.05) is 12.1 Å². The maximum absolute atomic E-state index is 12.4. The fourth-order valence-electron chi connectivity index (χ4n) is 2.38. The summed E-state index contributed by atoms with van der Waals surface area (Å²) < 4.78 is 27.4. The normalized spacial score (nSPS) is 11.6. The summed E-state index contributed by atoms with van der Waals surface area (Å²) in [6, 6.07) is 9.25. The van der Waals surface area contributed by atoms with Gasteiger partial charge in [0, 0.05) is 18.9 Å². The van der Waals surface area contributed by atoms with Crippen molar-refractivity contribution in [3.8, 4) is 11.4 Å². The first-order valence-electron chi connectivity index (χ1n) is 7.35. The monoisotopic (exact) mass is 343 g/mol. The van der Waals surface area contributed by atoms with E-state index in [1.54, 1.807) is 26.2 Å². The zero-order chi connectivity index (χ0) is 17.2. The van der Waals surface area contributed by atoms with Crippen LogP contribution in [0.3, 0.4) is 0 Å². The number of hydrogen-bond donors (Lipinski definition) is 2. The maximum atomic E-state index is 12.4. The van der Waals surface area contributed by atoms with Gasteiger partial charge in [0.05, 0.1) is 22.8 Å². The fourth-order valence-corrected chi connectivity index (χ4v) is 3.77. The summed E-state index contributed by atoms with van der Waals surface area (Å²) in [5.41, 5.74) is 3.24. The molecule has 0 spiro atoms. The lowest BCUT2D eigenvalue weighted by molar-refractivity contribution is 0.580. The number of aromatic amines is 1. The minimum atomic E-state index is -3.62. The van der Waals surface area contributed by atoms with Crippen LogP contribution >= 0.6 is 0 Å². The van der Waals surface area contributed by atoms with Gasteiger partial charge in [0.25, 0.3) is 0 Å². The van der Waals surface area contributed by atoms with Crippen LogP contribution in [0.5, 0.6) is 0 Å². The summed E-state index contributed by atoms with van der Waals surface area (Å²) in [6.45, 7) is 3.49. The highest BCUT2D eigenvalue weighted by Gasteiger charge is 2.21. The SMILES string of the molecule is Cc1n[nH]c(C)c1S(=O)(=O)NCc1ccc(-c2ccccn2)nc1. The summed E-state index contributed by atoms with van der Waals surface area (Å²) in [5.74, 6) is 0. The molecule has 3 heterocycles. The van der Waals surface area contributed by atoms with Crippen LogP contribution in [0.1, 0.15) is 17.0 Å². The minimum Gasteiger partial charge on any atom is -0.281 e. The van der Waals surface area contributed by atoms with Crippen molar-refractivity contribution in [2.45, 2.75) is 25.3 Å². The van der Waals surface area contributed by atoms with E-state index in [1.165, 1.54) is 0 Å². The lowest BCUT2D eigenvalue weighted by atomic mass is 10.2. The van der Waals surface area contributed by atoms with Gasteiger partial charge < -0.3 is 0 Å². The topological polar surface area (TPSA) is 101 Å². The van der Waals surface area contributed by atoms with Crippen molar-refractivity contribution in [3.05, 3.63) is 59.7 Å². The molecule has 0 fully saturated rings. The van der Waals surface area contributed by atoms with Crippen molar-refractivity contribution in [2.24, 2.45) is 0 Å². The molecule has 3 aromatic heterocycles. The predicted octanol–water partition coefficient (Wildman–Crippen LogP) is 1.96. The van der Waals surface area contributed by atoms with Crippen LogP contribution < -0.4 is 4.72 Å². The van der Waals surface area contributed by atoms with Crippen LogP contribution in [0.15, 0.2) is 47.6 Å². The highest BCUT2D eigenvalue weighted by atomic mass is 32.2. The Morgan fingerprint density at radius 3 is 2.46 bits per heavy atom. The highest BCUT2D eigenvalue weighted by Crippen LogP contribution is 2.17. The number of rotatable bonds is 5. The number of hydrogen-bond acceptors (Lipinski definition) is 5. The van der Waals surface area contributed by atoms with Crippen LogP contribution in [-0.4, -0.2) is 28.6 Å². The van der Waals surface area contributed by atoms with Gasteiger partial charge in [0.1, 0.15) is 4.90 Å². The van der Waals surface area contributed by atoms with E-state index in [-0.39, 0.29) is 11.4 Å². The van der Waals surface area contributed by atoms with Crippen molar-refractivity contribution >= 4 is 10.0 Å². The molecule has 0 aliphatic heterocycles. The molecule has 0 aliphatic carbocycles. The van der Waals surface area contributed by atoms with Crippen LogP contribution in [0.25, 0.3) is 11.4 Å². The molecule has 8 heteroatoms. The second kappa shape index (κ2) is 6.50. The summed E-state index contributed by atoms with van der Waals surface area (Å²) in [7, 11) is -3.62. The number of nitrogens with zero attached hydrogens (tertiary/aromatic N) is 3. The molecule has 0 radical (unpaired) electrons. The quantitative estimate of drug-likeness (QED) is 0.737. The Bertz CT molecular complexity index is 915. The molecule has 2 N–H and O–H groups in total. The van der Waals surface area contributed by atoms with E-state index in [1.807, 2.05) is 30.3 Å². The first-order chi connectivity index (χ1) is 11.5. The molecule has 0 aromatic carbocycles. The third-order valence-corrected chi connectivity index (χ3v) is 5.21. The van der Waals surface area contributed by atoms with Crippen molar-refractivity contribution in [1.82, 2.24) is 24.9 Å². The molecular weight excluding hydrogens is 326 g/mol. The minimum absolute atomic E-state index is 0.155. The van der Waals surface area contributed by atoms with Crippen molar-refractivity contribution in [1.29, 1.82) is 0 Å². The summed E-state index contributed by atoms with van der Waals surface area (Å²) in [4.78, 5) is 8.76. The maximum Gasteiger partial charge on any atom is 0.244 e. The Balaban J connectivity index is 1.73. The Morgan fingerprint density at radius 1 is 1.08 bits per heavy atom. The molecule has 0 amide bonds. The third-order valence-electron chi connectivity index (χ3n) is 3.55. The van der Waals surface area contributed by atoms with E-state index in [9.17, 15) is 8.42 Å². The van der Waals surface area contributed by atoms with Gasteiger partial charge in [-0.2, -0.15) is 5.10 Å². The first kappa shape index (κ1) is 16.3. The molecule has 0 saturated carbocycles. The van der Waals surface area contributed by atoms with Crippen molar-refractivity contribution in [2.75, 3.05) is 0 Å². The summed E-state index contributed by atoms with van der Waals surface area (Å²) >= 11 is 0. The lowest BCUT2D eigenvalue weighted by Crippen LogP contribution is -2.24. The van der Waals surface area contributed by atoms with Crippen LogP contribution in [-0.2, 0) is 16.6 Å². The van der Waals surface area contributed by atoms with Crippen LogP contribution in [0, 0.1) is 13.8 Å². The molecular formula is C16H17N5O2S. The second-order valence-corrected chi connectivity index (χ2v) is 7.06. The molecule has 0 atom stereocenters. The van der Waals surface area contributed by atoms with E-state index in [4.69, 9.17) is 0 Å². The fraction of sp³-hybridized carbons (Fsp3) is 0.188. The number of pyridine rings is 2. The Labute approximate surface area is 140 Å². The van der Waals surface area contributed by atoms with Gasteiger partial charge in [-0.05, 0) is 37.6 Å². The van der Waals surface area contributed by atoms with Crippen LogP contribution in [0.2, 0.25) is 0 Å². The highest BCUT2D eigenvalue weighted by molar-refractivity contribution is 7.89. The smallest absolute Gasteiger partial charge is 0.244 e. The predicted molar refractivity (Wildman–Crippen MR) is 89.6 cm³/mol. The van der Waals surface area contributed by atoms with E-state index in [0.717, 1.165) is 17.0 Å². The van der Waals surface area contributed by atoms with E-state index >= 15 is 0 Å². The van der Waals surface area contributed by atoms with E-state index in [2.05, 4.69) is 24.9 Å². The molecule has 0 aliphatic rings. The molecule has 0 saturated heterocycles. The Morgan fingerprint density at radius 2 is 1.88 bits per heavy atom. The van der Waals surface area contributed by atoms with Gasteiger partial charge >= 0.3 is 0 Å². The molecule has 0 bridgehead atoms. The molecule has 7 nitrogen and oxygen atoms in total. The average Bonchev–Trinajstić information content (AvgIpc) is 2.94. The number of aromatic nitrogens is 4. The number of H-pyrrole nitrogens is 1. The zero-order valence-electron chi connectivity index (χ0n) is 13.3. The van der Waals surface area contributed by atoms with Gasteiger partial charge in [0.15, 0.2) is 0 Å². The lowest BCUT2D eigenvalue weighted by Gasteiger charge is -2.07. The number of aryl methyl sites for hydroxylation is 2. The number of sulfonamides is 1. The molecule has 24 heavy (non-hydrogen) atoms. The van der Waals surface area contributed by atoms with Crippen molar-refractivity contribution in [3.63, 3.8) is 0 Å². The third kappa shape index (κ3) is 3.34. The average molecular weight is 343 g/mol. The van der Waals surface area contributed by atoms with Gasteiger partial charge in [-0.15, -0.1) is 0 Å².